The fraction of sp³-hybridized carbons (Fsp3) is 0.250. The molecule has 2 aromatic rings. The van der Waals surface area contributed by atoms with Crippen LogP contribution in [0, 0.1) is 0 Å². The summed E-state index contributed by atoms with van der Waals surface area (Å²) in [6, 6.07) is 14.6. The lowest BCUT2D eigenvalue weighted by Crippen LogP contribution is -2.35. The summed E-state index contributed by atoms with van der Waals surface area (Å²) in [5.41, 5.74) is 3.82. The number of carbonyl (C=O) groups excluding carboxylic acids is 2. The predicted octanol–water partition coefficient (Wildman–Crippen LogP) is 3.57. The predicted molar refractivity (Wildman–Crippen MR) is 116 cm³/mol. The van der Waals surface area contributed by atoms with E-state index in [0.29, 0.717) is 5.56 Å². The summed E-state index contributed by atoms with van der Waals surface area (Å²) >= 11 is 0. The third-order valence-electron chi connectivity index (χ3n) is 5.01. The number of likely N-dealkylation sites (tertiary alicyclic amines) is 1. The van der Waals surface area contributed by atoms with Crippen LogP contribution in [0.25, 0.3) is 12.2 Å². The van der Waals surface area contributed by atoms with Gasteiger partial charge >= 0.3 is 0 Å². The van der Waals surface area contributed by atoms with Crippen molar-refractivity contribution in [1.29, 1.82) is 0 Å². The Kier molecular flexibility index (Phi) is 7.54. The van der Waals surface area contributed by atoms with Gasteiger partial charge in [-0.2, -0.15) is 0 Å². The number of ether oxygens (including phenoxy) is 1. The molecule has 6 heteroatoms. The number of nitrogens with zero attached hydrogens (tertiary/aromatic N) is 1. The van der Waals surface area contributed by atoms with E-state index in [1.54, 1.807) is 24.3 Å². The number of hydrogen-bond donors (Lipinski definition) is 2. The van der Waals surface area contributed by atoms with Crippen LogP contribution >= 0.6 is 0 Å². The maximum Gasteiger partial charge on any atom is 0.267 e. The van der Waals surface area contributed by atoms with Crippen molar-refractivity contribution in [3.8, 4) is 5.75 Å². The molecular weight excluding hydrogens is 380 g/mol. The van der Waals surface area contributed by atoms with Crippen LogP contribution in [-0.4, -0.2) is 48.0 Å². The van der Waals surface area contributed by atoms with Gasteiger partial charge in [0.25, 0.3) is 5.91 Å². The van der Waals surface area contributed by atoms with E-state index < -0.39 is 5.91 Å². The van der Waals surface area contributed by atoms with Crippen LogP contribution in [-0.2, 0) is 4.79 Å². The molecule has 2 aromatic carbocycles. The monoisotopic (exact) mass is 406 g/mol. The fourth-order valence-corrected chi connectivity index (χ4v) is 3.19. The number of ketones is 1. The zero-order valence-corrected chi connectivity index (χ0v) is 17.0. The normalized spacial score (nSPS) is 15.5. The summed E-state index contributed by atoms with van der Waals surface area (Å²) in [7, 11) is 2.12. The number of allylic oxidation sites excluding steroid dienone is 1. The third-order valence-corrected chi connectivity index (χ3v) is 5.01. The van der Waals surface area contributed by atoms with E-state index in [4.69, 9.17) is 9.94 Å². The lowest BCUT2D eigenvalue weighted by molar-refractivity contribution is -0.124. The summed E-state index contributed by atoms with van der Waals surface area (Å²) in [6.07, 6.45) is 8.37. The van der Waals surface area contributed by atoms with Gasteiger partial charge in [-0.25, -0.2) is 5.48 Å². The summed E-state index contributed by atoms with van der Waals surface area (Å²) in [6.45, 7) is 2.09. The van der Waals surface area contributed by atoms with Crippen molar-refractivity contribution in [2.24, 2.45) is 0 Å². The van der Waals surface area contributed by atoms with Gasteiger partial charge in [0, 0.05) is 24.7 Å². The molecule has 6 nitrogen and oxygen atoms in total. The number of hydroxylamine groups is 1. The Morgan fingerprint density at radius 2 is 1.53 bits per heavy atom. The van der Waals surface area contributed by atoms with E-state index in [-0.39, 0.29) is 11.9 Å². The zero-order valence-electron chi connectivity index (χ0n) is 17.0. The van der Waals surface area contributed by atoms with Crippen molar-refractivity contribution in [3.63, 3.8) is 0 Å². The van der Waals surface area contributed by atoms with E-state index in [2.05, 4.69) is 11.9 Å². The number of benzene rings is 2. The maximum absolute atomic E-state index is 12.4. The van der Waals surface area contributed by atoms with Crippen LogP contribution in [0.2, 0.25) is 0 Å². The second-order valence-corrected chi connectivity index (χ2v) is 7.32. The van der Waals surface area contributed by atoms with Gasteiger partial charge in [-0.1, -0.05) is 30.3 Å². The van der Waals surface area contributed by atoms with Gasteiger partial charge in [0.05, 0.1) is 0 Å². The molecule has 1 heterocycles. The Morgan fingerprint density at radius 1 is 0.967 bits per heavy atom. The molecule has 0 atom stereocenters. The van der Waals surface area contributed by atoms with Crippen molar-refractivity contribution in [1.82, 2.24) is 10.4 Å². The summed E-state index contributed by atoms with van der Waals surface area (Å²) < 4.78 is 6.02. The number of piperidine rings is 1. The summed E-state index contributed by atoms with van der Waals surface area (Å²) in [4.78, 5) is 25.7. The van der Waals surface area contributed by atoms with E-state index in [0.717, 1.165) is 42.8 Å². The number of amides is 1. The topological polar surface area (TPSA) is 78.9 Å². The average molecular weight is 406 g/mol. The molecule has 1 aliphatic heterocycles. The molecule has 3 rings (SSSR count). The molecule has 0 spiro atoms. The minimum Gasteiger partial charge on any atom is -0.490 e. The Balaban J connectivity index is 1.54. The molecule has 156 valence electrons. The molecule has 2 N–H and O–H groups in total. The molecule has 1 amide bonds. The van der Waals surface area contributed by atoms with Crippen LogP contribution in [0.1, 0.15) is 34.3 Å². The number of rotatable bonds is 7. The van der Waals surface area contributed by atoms with Crippen LogP contribution in [0.5, 0.6) is 5.75 Å². The van der Waals surface area contributed by atoms with Gasteiger partial charge < -0.3 is 9.64 Å². The highest BCUT2D eigenvalue weighted by atomic mass is 16.5. The first-order valence-corrected chi connectivity index (χ1v) is 9.93. The van der Waals surface area contributed by atoms with Gasteiger partial charge in [-0.05, 0) is 67.4 Å². The minimum atomic E-state index is -0.590. The molecule has 30 heavy (non-hydrogen) atoms. The quantitative estimate of drug-likeness (QED) is 0.318. The van der Waals surface area contributed by atoms with Crippen LogP contribution in [0.4, 0.5) is 0 Å². The SMILES string of the molecule is CN1CCC(Oc2ccc(C(=O)C=Cc3ccc(C=CC(=O)NO)cc3)cc2)CC1. The number of hydrogen-bond acceptors (Lipinski definition) is 5. The van der Waals surface area contributed by atoms with Crippen LogP contribution < -0.4 is 10.2 Å². The van der Waals surface area contributed by atoms with Crippen molar-refractivity contribution in [2.75, 3.05) is 20.1 Å². The Hall–Kier alpha value is -3.22. The molecule has 1 saturated heterocycles. The third kappa shape index (κ3) is 6.40. The molecule has 0 saturated carbocycles. The number of nitrogens with one attached hydrogen (secondary N) is 1. The van der Waals surface area contributed by atoms with Gasteiger partial charge in [0.15, 0.2) is 5.78 Å². The van der Waals surface area contributed by atoms with Gasteiger partial charge in [-0.3, -0.25) is 14.8 Å². The molecule has 0 aliphatic carbocycles. The highest BCUT2D eigenvalue weighted by Crippen LogP contribution is 2.19. The summed E-state index contributed by atoms with van der Waals surface area (Å²) in [5.74, 6) is 0.125. The Labute approximate surface area is 176 Å². The maximum atomic E-state index is 12.4. The van der Waals surface area contributed by atoms with Crippen LogP contribution in [0.3, 0.4) is 0 Å². The molecule has 0 radical (unpaired) electrons. The van der Waals surface area contributed by atoms with Crippen molar-refractivity contribution >= 4 is 23.8 Å². The molecule has 0 aromatic heterocycles. The van der Waals surface area contributed by atoms with E-state index in [1.165, 1.54) is 17.6 Å². The van der Waals surface area contributed by atoms with Crippen molar-refractivity contribution in [3.05, 3.63) is 77.4 Å². The summed E-state index contributed by atoms with van der Waals surface area (Å²) in [5, 5.41) is 8.47. The van der Waals surface area contributed by atoms with Gasteiger partial charge in [-0.15, -0.1) is 0 Å². The van der Waals surface area contributed by atoms with E-state index in [9.17, 15) is 9.59 Å². The van der Waals surface area contributed by atoms with E-state index in [1.807, 2.05) is 36.4 Å². The second kappa shape index (κ2) is 10.5. The lowest BCUT2D eigenvalue weighted by atomic mass is 10.1. The minimum absolute atomic E-state index is 0.0792. The largest absolute Gasteiger partial charge is 0.490 e. The van der Waals surface area contributed by atoms with Gasteiger partial charge in [0.1, 0.15) is 11.9 Å². The fourth-order valence-electron chi connectivity index (χ4n) is 3.19. The molecule has 0 bridgehead atoms. The first kappa shape index (κ1) is 21.5. The first-order valence-electron chi connectivity index (χ1n) is 9.93. The van der Waals surface area contributed by atoms with Crippen molar-refractivity contribution < 1.29 is 19.5 Å². The lowest BCUT2D eigenvalue weighted by Gasteiger charge is -2.29. The van der Waals surface area contributed by atoms with E-state index >= 15 is 0 Å². The average Bonchev–Trinajstić information content (AvgIpc) is 2.78. The zero-order chi connectivity index (χ0) is 21.3. The molecule has 0 unspecified atom stereocenters. The highest BCUT2D eigenvalue weighted by Gasteiger charge is 2.18. The van der Waals surface area contributed by atoms with Crippen molar-refractivity contribution in [2.45, 2.75) is 18.9 Å². The molecular formula is C24H26N2O4. The second-order valence-electron chi connectivity index (χ2n) is 7.32. The smallest absolute Gasteiger partial charge is 0.267 e. The Bertz CT molecular complexity index is 909. The van der Waals surface area contributed by atoms with Crippen LogP contribution in [0.15, 0.2) is 60.7 Å². The first-order chi connectivity index (χ1) is 14.5. The number of carbonyl (C=O) groups is 2. The molecule has 1 aliphatic rings. The standard InChI is InChI=1S/C24H26N2O4/c1-26-16-14-22(15-17-26)30-21-10-8-20(9-11-21)23(27)12-6-18-2-4-19(5-3-18)7-13-24(28)25-29/h2-13,22,29H,14-17H2,1H3,(H,25,28). The Morgan fingerprint density at radius 3 is 2.10 bits per heavy atom. The molecule has 1 fully saturated rings. The van der Waals surface area contributed by atoms with Gasteiger partial charge in [0.2, 0.25) is 0 Å². The highest BCUT2D eigenvalue weighted by molar-refractivity contribution is 6.06.